The van der Waals surface area contributed by atoms with Crippen LogP contribution >= 0.6 is 11.6 Å². The zero-order valence-corrected chi connectivity index (χ0v) is 10.5. The molecule has 0 rings (SSSR count). The Balaban J connectivity index is 4.20. The molecule has 1 unspecified atom stereocenters. The number of alkyl halides is 1. The lowest BCUT2D eigenvalue weighted by Gasteiger charge is -2.19. The average molecular weight is 250 g/mol. The van der Waals surface area contributed by atoms with Crippen LogP contribution in [0.4, 0.5) is 4.79 Å². The first-order chi connectivity index (χ1) is 7.25. The monoisotopic (exact) mass is 249 g/mol. The summed E-state index contributed by atoms with van der Waals surface area (Å²) in [4.78, 5) is 36.2. The molecule has 0 saturated heterocycles. The molecule has 7 heteroatoms. The van der Waals surface area contributed by atoms with Crippen molar-refractivity contribution in [1.82, 2.24) is 15.1 Å². The van der Waals surface area contributed by atoms with Gasteiger partial charge in [-0.3, -0.25) is 14.9 Å². The standard InChI is InChI=1S/C9H16ClN3O3/c1-6(10)8(15)11-9(16)13(4)5-7(14)12(2)3/h6H,5H2,1-4H3,(H,11,15,16). The quantitative estimate of drug-likeness (QED) is 0.709. The third-order valence-corrected chi connectivity index (χ3v) is 2.01. The summed E-state index contributed by atoms with van der Waals surface area (Å²) in [6, 6.07) is -0.646. The van der Waals surface area contributed by atoms with E-state index in [0.29, 0.717) is 0 Å². The van der Waals surface area contributed by atoms with Crippen LogP contribution in [0.5, 0.6) is 0 Å². The van der Waals surface area contributed by atoms with Crippen molar-refractivity contribution >= 4 is 29.4 Å². The minimum absolute atomic E-state index is 0.0945. The average Bonchev–Trinajstić information content (AvgIpc) is 2.16. The van der Waals surface area contributed by atoms with E-state index in [-0.39, 0.29) is 12.5 Å². The molecule has 0 saturated carbocycles. The fourth-order valence-corrected chi connectivity index (χ4v) is 0.771. The molecule has 4 amide bonds. The first-order valence-corrected chi connectivity index (χ1v) is 5.09. The zero-order chi connectivity index (χ0) is 12.9. The number of nitrogens with zero attached hydrogens (tertiary/aromatic N) is 2. The molecule has 92 valence electrons. The number of amides is 4. The van der Waals surface area contributed by atoms with E-state index >= 15 is 0 Å². The van der Waals surface area contributed by atoms with Gasteiger partial charge in [-0.2, -0.15) is 0 Å². The number of hydrogen-bond donors (Lipinski definition) is 1. The van der Waals surface area contributed by atoms with Crippen LogP contribution in [0.15, 0.2) is 0 Å². The van der Waals surface area contributed by atoms with Gasteiger partial charge >= 0.3 is 6.03 Å². The number of urea groups is 1. The van der Waals surface area contributed by atoms with Gasteiger partial charge in [-0.1, -0.05) is 0 Å². The maximum Gasteiger partial charge on any atom is 0.324 e. The summed E-state index contributed by atoms with van der Waals surface area (Å²) in [7, 11) is 4.59. The Labute approximate surface area is 99.5 Å². The van der Waals surface area contributed by atoms with Gasteiger partial charge in [0, 0.05) is 21.1 Å². The third-order valence-electron chi connectivity index (χ3n) is 1.81. The van der Waals surface area contributed by atoms with Crippen LogP contribution in [0, 0.1) is 0 Å². The second-order valence-electron chi connectivity index (χ2n) is 3.55. The van der Waals surface area contributed by atoms with Crippen LogP contribution in [-0.2, 0) is 9.59 Å². The molecule has 0 bridgehead atoms. The van der Waals surface area contributed by atoms with Gasteiger partial charge in [0.25, 0.3) is 0 Å². The van der Waals surface area contributed by atoms with Crippen molar-refractivity contribution in [3.05, 3.63) is 0 Å². The van der Waals surface area contributed by atoms with Crippen LogP contribution in [-0.4, -0.2) is 60.7 Å². The first kappa shape index (κ1) is 14.7. The molecule has 16 heavy (non-hydrogen) atoms. The zero-order valence-electron chi connectivity index (χ0n) is 9.78. The Morgan fingerprint density at radius 3 is 2.12 bits per heavy atom. The summed E-state index contributed by atoms with van der Waals surface area (Å²) in [5.41, 5.74) is 0. The van der Waals surface area contributed by atoms with E-state index in [1.54, 1.807) is 14.1 Å². The van der Waals surface area contributed by atoms with Gasteiger partial charge in [-0.25, -0.2) is 4.79 Å². The van der Waals surface area contributed by atoms with E-state index in [1.165, 1.54) is 18.9 Å². The number of rotatable bonds is 3. The van der Waals surface area contributed by atoms with Crippen LogP contribution in [0.3, 0.4) is 0 Å². The van der Waals surface area contributed by atoms with Crippen LogP contribution < -0.4 is 5.32 Å². The summed E-state index contributed by atoms with van der Waals surface area (Å²) in [6.07, 6.45) is 0. The summed E-state index contributed by atoms with van der Waals surface area (Å²) in [6.45, 7) is 1.36. The highest BCUT2D eigenvalue weighted by Gasteiger charge is 2.18. The lowest BCUT2D eigenvalue weighted by atomic mass is 10.4. The number of carbonyl (C=O) groups is 3. The van der Waals surface area contributed by atoms with Gasteiger partial charge < -0.3 is 9.80 Å². The van der Waals surface area contributed by atoms with E-state index in [2.05, 4.69) is 5.32 Å². The van der Waals surface area contributed by atoms with Crippen molar-refractivity contribution in [2.24, 2.45) is 0 Å². The van der Waals surface area contributed by atoms with E-state index in [9.17, 15) is 14.4 Å². The second kappa shape index (κ2) is 6.32. The van der Waals surface area contributed by atoms with E-state index in [4.69, 9.17) is 11.6 Å². The van der Waals surface area contributed by atoms with Crippen LogP contribution in [0.2, 0.25) is 0 Å². The molecule has 6 nitrogen and oxygen atoms in total. The molecular formula is C9H16ClN3O3. The lowest BCUT2D eigenvalue weighted by Crippen LogP contribution is -2.46. The van der Waals surface area contributed by atoms with Gasteiger partial charge in [0.1, 0.15) is 11.9 Å². The molecule has 0 heterocycles. The van der Waals surface area contributed by atoms with E-state index in [1.807, 2.05) is 0 Å². The Morgan fingerprint density at radius 2 is 1.75 bits per heavy atom. The summed E-state index contributed by atoms with van der Waals surface area (Å²) >= 11 is 5.48. The van der Waals surface area contributed by atoms with Gasteiger partial charge in [-0.05, 0) is 6.92 Å². The SMILES string of the molecule is CC(Cl)C(=O)NC(=O)N(C)CC(=O)N(C)C. The minimum Gasteiger partial charge on any atom is -0.347 e. The normalized spacial score (nSPS) is 11.6. The number of halogens is 1. The van der Waals surface area contributed by atoms with E-state index in [0.717, 1.165) is 4.90 Å². The topological polar surface area (TPSA) is 69.7 Å². The summed E-state index contributed by atoms with van der Waals surface area (Å²) < 4.78 is 0. The third kappa shape index (κ3) is 4.97. The highest BCUT2D eigenvalue weighted by molar-refractivity contribution is 6.31. The molecule has 0 aliphatic rings. The van der Waals surface area contributed by atoms with Crippen LogP contribution in [0.25, 0.3) is 0 Å². The maximum atomic E-state index is 11.4. The molecule has 0 aromatic heterocycles. The Hall–Kier alpha value is -1.30. The Kier molecular flexibility index (Phi) is 5.81. The van der Waals surface area contributed by atoms with Crippen molar-refractivity contribution in [1.29, 1.82) is 0 Å². The first-order valence-electron chi connectivity index (χ1n) is 4.66. The van der Waals surface area contributed by atoms with Crippen molar-refractivity contribution in [2.45, 2.75) is 12.3 Å². The van der Waals surface area contributed by atoms with E-state index < -0.39 is 17.3 Å². The molecule has 0 aliphatic heterocycles. The smallest absolute Gasteiger partial charge is 0.324 e. The molecule has 0 spiro atoms. The summed E-state index contributed by atoms with van der Waals surface area (Å²) in [5, 5.41) is 1.28. The van der Waals surface area contributed by atoms with Gasteiger partial charge in [-0.15, -0.1) is 11.6 Å². The predicted octanol–water partition coefficient (Wildman–Crippen LogP) is -0.130. The van der Waals surface area contributed by atoms with Crippen molar-refractivity contribution in [2.75, 3.05) is 27.7 Å². The molecule has 0 aliphatic carbocycles. The molecule has 1 atom stereocenters. The molecule has 1 N–H and O–H groups in total. The fraction of sp³-hybridized carbons (Fsp3) is 0.667. The van der Waals surface area contributed by atoms with Gasteiger partial charge in [0.2, 0.25) is 11.8 Å². The highest BCUT2D eigenvalue weighted by Crippen LogP contribution is 1.94. The Bertz CT molecular complexity index is 292. The number of carbonyl (C=O) groups excluding carboxylic acids is 3. The molecule has 0 radical (unpaired) electrons. The largest absolute Gasteiger partial charge is 0.347 e. The minimum atomic E-state index is -0.790. The van der Waals surface area contributed by atoms with Crippen molar-refractivity contribution < 1.29 is 14.4 Å². The molecular weight excluding hydrogens is 234 g/mol. The number of imide groups is 1. The Morgan fingerprint density at radius 1 is 1.25 bits per heavy atom. The lowest BCUT2D eigenvalue weighted by molar-refractivity contribution is -0.129. The maximum absolute atomic E-state index is 11.4. The highest BCUT2D eigenvalue weighted by atomic mass is 35.5. The van der Waals surface area contributed by atoms with Gasteiger partial charge in [0.15, 0.2) is 0 Å². The molecule has 0 fully saturated rings. The predicted molar refractivity (Wildman–Crippen MR) is 60.2 cm³/mol. The second-order valence-corrected chi connectivity index (χ2v) is 4.21. The van der Waals surface area contributed by atoms with Crippen molar-refractivity contribution in [3.63, 3.8) is 0 Å². The fourth-order valence-electron chi connectivity index (χ4n) is 0.716. The van der Waals surface area contributed by atoms with Gasteiger partial charge in [0.05, 0.1) is 0 Å². The van der Waals surface area contributed by atoms with Crippen molar-refractivity contribution in [3.8, 4) is 0 Å². The van der Waals surface area contributed by atoms with Crippen LogP contribution in [0.1, 0.15) is 6.92 Å². The summed E-state index contributed by atoms with van der Waals surface area (Å²) in [5.74, 6) is -0.820. The number of likely N-dealkylation sites (N-methyl/N-ethyl adjacent to an activating group) is 2. The molecule has 0 aromatic rings. The number of hydrogen-bond acceptors (Lipinski definition) is 3. The molecule has 0 aromatic carbocycles. The number of nitrogens with one attached hydrogen (secondary N) is 1.